The number of nitrogens with zero attached hydrogens (tertiary/aromatic N) is 2. The summed E-state index contributed by atoms with van der Waals surface area (Å²) in [6.07, 6.45) is 2.26. The minimum absolute atomic E-state index is 0.156. The van der Waals surface area contributed by atoms with Crippen LogP contribution in [0.25, 0.3) is 0 Å². The third-order valence-corrected chi connectivity index (χ3v) is 2.63. The molecule has 0 fully saturated rings. The van der Waals surface area contributed by atoms with Gasteiger partial charge in [-0.15, -0.1) is 0 Å². The van der Waals surface area contributed by atoms with E-state index in [0.29, 0.717) is 18.8 Å². The molecule has 1 amide bonds. The van der Waals surface area contributed by atoms with Crippen molar-refractivity contribution in [2.24, 2.45) is 11.7 Å². The molecule has 1 atom stereocenters. The fourth-order valence-electron chi connectivity index (χ4n) is 1.42. The lowest BCUT2D eigenvalue weighted by atomic mass is 10.1. The number of nitrogens with one attached hydrogen (secondary N) is 1. The van der Waals surface area contributed by atoms with Crippen LogP contribution in [-0.2, 0) is 11.3 Å². The summed E-state index contributed by atoms with van der Waals surface area (Å²) >= 11 is 4.84. The number of hydrogen-bond donors (Lipinski definition) is 2. The minimum atomic E-state index is -0.409. The molecule has 0 saturated carbocycles. The van der Waals surface area contributed by atoms with Crippen molar-refractivity contribution < 1.29 is 4.79 Å². The van der Waals surface area contributed by atoms with Crippen LogP contribution in [0.5, 0.6) is 0 Å². The Morgan fingerprint density at radius 3 is 2.88 bits per heavy atom. The number of carbonyl (C=O) groups is 1. The Kier molecular flexibility index (Phi) is 4.96. The molecule has 6 heteroatoms. The van der Waals surface area contributed by atoms with Crippen LogP contribution in [0.4, 0.5) is 0 Å². The third kappa shape index (κ3) is 4.07. The van der Waals surface area contributed by atoms with Crippen molar-refractivity contribution in [1.29, 1.82) is 0 Å². The van der Waals surface area contributed by atoms with Gasteiger partial charge in [0, 0.05) is 6.20 Å². The molecule has 1 unspecified atom stereocenters. The standard InChI is InChI=1S/C11H16N4OS/c1-3-9(10(12)17)11(16)14-6-8-4-5-13-7(2)15-8/h4-5,9H,3,6H2,1-2H3,(H2,12,17)(H,14,16). The van der Waals surface area contributed by atoms with Crippen molar-refractivity contribution in [2.45, 2.75) is 26.8 Å². The first kappa shape index (κ1) is 13.5. The van der Waals surface area contributed by atoms with Gasteiger partial charge >= 0.3 is 0 Å². The Labute approximate surface area is 106 Å². The van der Waals surface area contributed by atoms with Crippen molar-refractivity contribution in [3.8, 4) is 0 Å². The van der Waals surface area contributed by atoms with E-state index in [9.17, 15) is 4.79 Å². The molecule has 1 rings (SSSR count). The maximum atomic E-state index is 11.8. The van der Waals surface area contributed by atoms with E-state index in [1.165, 1.54) is 0 Å². The van der Waals surface area contributed by atoms with Crippen LogP contribution in [-0.4, -0.2) is 20.9 Å². The average molecular weight is 252 g/mol. The van der Waals surface area contributed by atoms with Gasteiger partial charge in [-0.2, -0.15) is 0 Å². The van der Waals surface area contributed by atoms with Gasteiger partial charge in [0.25, 0.3) is 0 Å². The molecule has 0 aliphatic heterocycles. The quantitative estimate of drug-likeness (QED) is 0.754. The Hall–Kier alpha value is -1.56. The third-order valence-electron chi connectivity index (χ3n) is 2.35. The Morgan fingerprint density at radius 1 is 1.65 bits per heavy atom. The summed E-state index contributed by atoms with van der Waals surface area (Å²) in [7, 11) is 0. The van der Waals surface area contributed by atoms with E-state index < -0.39 is 5.92 Å². The van der Waals surface area contributed by atoms with Crippen LogP contribution >= 0.6 is 12.2 Å². The fourth-order valence-corrected chi connectivity index (χ4v) is 1.69. The topological polar surface area (TPSA) is 80.9 Å². The number of aromatic nitrogens is 2. The number of nitrogens with two attached hydrogens (primary N) is 1. The zero-order valence-electron chi connectivity index (χ0n) is 9.93. The van der Waals surface area contributed by atoms with Crippen LogP contribution < -0.4 is 11.1 Å². The minimum Gasteiger partial charge on any atom is -0.393 e. The molecule has 0 saturated heterocycles. The predicted octanol–water partition coefficient (Wildman–Crippen LogP) is 0.714. The van der Waals surface area contributed by atoms with Gasteiger partial charge in [0.05, 0.1) is 23.1 Å². The van der Waals surface area contributed by atoms with E-state index in [-0.39, 0.29) is 10.9 Å². The molecule has 1 aromatic heterocycles. The highest BCUT2D eigenvalue weighted by molar-refractivity contribution is 7.80. The smallest absolute Gasteiger partial charge is 0.230 e. The second kappa shape index (κ2) is 6.24. The van der Waals surface area contributed by atoms with E-state index >= 15 is 0 Å². The van der Waals surface area contributed by atoms with E-state index in [4.69, 9.17) is 18.0 Å². The largest absolute Gasteiger partial charge is 0.393 e. The number of rotatable bonds is 5. The molecule has 1 heterocycles. The van der Waals surface area contributed by atoms with Gasteiger partial charge < -0.3 is 11.1 Å². The van der Waals surface area contributed by atoms with Crippen LogP contribution in [0.3, 0.4) is 0 Å². The molecular weight excluding hydrogens is 236 g/mol. The molecule has 0 bridgehead atoms. The van der Waals surface area contributed by atoms with Crippen molar-refractivity contribution in [2.75, 3.05) is 0 Å². The van der Waals surface area contributed by atoms with Gasteiger partial charge in [0.15, 0.2) is 0 Å². The molecule has 0 aliphatic rings. The zero-order chi connectivity index (χ0) is 12.8. The molecule has 92 valence electrons. The maximum absolute atomic E-state index is 11.8. The summed E-state index contributed by atoms with van der Waals surface area (Å²) in [6.45, 7) is 4.04. The van der Waals surface area contributed by atoms with Gasteiger partial charge in [-0.1, -0.05) is 19.1 Å². The maximum Gasteiger partial charge on any atom is 0.230 e. The first-order valence-corrected chi connectivity index (χ1v) is 5.81. The molecule has 0 aromatic carbocycles. The first-order valence-electron chi connectivity index (χ1n) is 5.40. The lowest BCUT2D eigenvalue weighted by Crippen LogP contribution is -2.37. The Morgan fingerprint density at radius 2 is 2.35 bits per heavy atom. The van der Waals surface area contributed by atoms with Crippen LogP contribution in [0, 0.1) is 12.8 Å². The monoisotopic (exact) mass is 252 g/mol. The normalized spacial score (nSPS) is 11.9. The van der Waals surface area contributed by atoms with Crippen molar-refractivity contribution in [1.82, 2.24) is 15.3 Å². The highest BCUT2D eigenvalue weighted by atomic mass is 32.1. The molecule has 0 radical (unpaired) electrons. The van der Waals surface area contributed by atoms with Crippen molar-refractivity contribution >= 4 is 23.1 Å². The Bertz CT molecular complexity index is 422. The predicted molar refractivity (Wildman–Crippen MR) is 69.2 cm³/mol. The SMILES string of the molecule is CCC(C(=O)NCc1ccnc(C)n1)C(N)=S. The van der Waals surface area contributed by atoms with Gasteiger partial charge in [-0.3, -0.25) is 4.79 Å². The zero-order valence-corrected chi connectivity index (χ0v) is 10.8. The number of hydrogen-bond acceptors (Lipinski definition) is 4. The van der Waals surface area contributed by atoms with E-state index in [0.717, 1.165) is 5.69 Å². The van der Waals surface area contributed by atoms with Gasteiger partial charge in [0.1, 0.15) is 5.82 Å². The number of thiocarbonyl (C=S) groups is 1. The van der Waals surface area contributed by atoms with Crippen molar-refractivity contribution in [3.63, 3.8) is 0 Å². The summed E-state index contributed by atoms with van der Waals surface area (Å²) in [4.78, 5) is 20.1. The van der Waals surface area contributed by atoms with Crippen LogP contribution in [0.15, 0.2) is 12.3 Å². The second-order valence-corrected chi connectivity index (χ2v) is 4.15. The lowest BCUT2D eigenvalue weighted by Gasteiger charge is -2.13. The molecular formula is C11H16N4OS. The fraction of sp³-hybridized carbons (Fsp3) is 0.455. The summed E-state index contributed by atoms with van der Waals surface area (Å²) in [5.74, 6) is 0.113. The van der Waals surface area contributed by atoms with Gasteiger partial charge in [-0.25, -0.2) is 9.97 Å². The average Bonchev–Trinajstić information content (AvgIpc) is 2.27. The van der Waals surface area contributed by atoms with Gasteiger partial charge in [0.2, 0.25) is 5.91 Å². The summed E-state index contributed by atoms with van der Waals surface area (Å²) in [5.41, 5.74) is 6.25. The highest BCUT2D eigenvalue weighted by Crippen LogP contribution is 2.03. The summed E-state index contributed by atoms with van der Waals surface area (Å²) in [5, 5.41) is 2.76. The molecule has 1 aromatic rings. The van der Waals surface area contributed by atoms with Crippen LogP contribution in [0.1, 0.15) is 24.9 Å². The van der Waals surface area contributed by atoms with E-state index in [1.807, 2.05) is 6.92 Å². The summed E-state index contributed by atoms with van der Waals surface area (Å²) < 4.78 is 0. The molecule has 5 nitrogen and oxygen atoms in total. The second-order valence-electron chi connectivity index (χ2n) is 3.68. The van der Waals surface area contributed by atoms with Crippen LogP contribution in [0.2, 0.25) is 0 Å². The lowest BCUT2D eigenvalue weighted by molar-refractivity contribution is -0.123. The molecule has 3 N–H and O–H groups in total. The number of aryl methyl sites for hydroxylation is 1. The molecule has 0 spiro atoms. The molecule has 17 heavy (non-hydrogen) atoms. The molecule has 0 aliphatic carbocycles. The van der Waals surface area contributed by atoms with Gasteiger partial charge in [-0.05, 0) is 19.4 Å². The number of amides is 1. The highest BCUT2D eigenvalue weighted by Gasteiger charge is 2.18. The van der Waals surface area contributed by atoms with Crippen molar-refractivity contribution in [3.05, 3.63) is 23.8 Å². The van der Waals surface area contributed by atoms with E-state index in [2.05, 4.69) is 15.3 Å². The number of carbonyl (C=O) groups excluding carboxylic acids is 1. The first-order chi connectivity index (χ1) is 8.04. The Balaban J connectivity index is 2.56. The van der Waals surface area contributed by atoms with E-state index in [1.54, 1.807) is 19.2 Å². The summed E-state index contributed by atoms with van der Waals surface area (Å²) in [6, 6.07) is 1.76.